The van der Waals surface area contributed by atoms with Crippen LogP contribution in [0.2, 0.25) is 0 Å². The van der Waals surface area contributed by atoms with Gasteiger partial charge in [-0.2, -0.15) is 0 Å². The molecule has 148 heavy (non-hydrogen) atoms. The van der Waals surface area contributed by atoms with E-state index >= 15 is 28.8 Å². The number of hydrogen-bond donors (Lipinski definition) is 25. The van der Waals surface area contributed by atoms with Gasteiger partial charge in [-0.05, 0) is 109 Å². The number of aliphatic carboxylic acids is 2. The molecule has 2 saturated heterocycles. The highest BCUT2D eigenvalue weighted by Gasteiger charge is 2.45. The third-order valence-electron chi connectivity index (χ3n) is 24.4. The van der Waals surface area contributed by atoms with Crippen molar-refractivity contribution >= 4 is 112 Å². The number of hydrogen-bond acceptors (Lipinski definition) is 29. The first-order valence-corrected chi connectivity index (χ1v) is 50.4. The van der Waals surface area contributed by atoms with Gasteiger partial charge in [0.15, 0.2) is 5.96 Å². The number of aromatic hydroxyl groups is 1. The van der Waals surface area contributed by atoms with Crippen molar-refractivity contribution < 1.29 is 121 Å². The molecular weight excluding hydrogens is 1930 g/mol. The van der Waals surface area contributed by atoms with Gasteiger partial charge in [-0.15, -0.1) is 5.10 Å². The van der Waals surface area contributed by atoms with Crippen molar-refractivity contribution in [3.8, 4) is 5.75 Å². The molecule has 0 saturated carbocycles. The van der Waals surface area contributed by atoms with Crippen LogP contribution in [-0.4, -0.2) is 333 Å². The van der Waals surface area contributed by atoms with Gasteiger partial charge >= 0.3 is 11.9 Å². The van der Waals surface area contributed by atoms with Gasteiger partial charge in [-0.1, -0.05) is 164 Å². The van der Waals surface area contributed by atoms with E-state index in [9.17, 15) is 83.1 Å². The number of aryl methyl sites for hydroxylation is 1. The number of rotatable bonds is 61. The summed E-state index contributed by atoms with van der Waals surface area (Å²) in [6, 6.07) is -5.82. The highest BCUT2D eigenvalue weighted by molar-refractivity contribution is 6.01. The van der Waals surface area contributed by atoms with Crippen LogP contribution in [0.25, 0.3) is 0 Å². The predicted molar refractivity (Wildman–Crippen MR) is 537 cm³/mol. The average molecular weight is 2080 g/mol. The van der Waals surface area contributed by atoms with Crippen molar-refractivity contribution in [2.24, 2.45) is 17.2 Å². The quantitative estimate of drug-likeness (QED) is 0.0150. The highest BCUT2D eigenvalue weighted by atomic mass is 16.5. The lowest BCUT2D eigenvalue weighted by Gasteiger charge is -2.31. The molecule has 0 radical (unpaired) electrons. The number of benzene rings is 2. The van der Waals surface area contributed by atoms with E-state index in [0.29, 0.717) is 41.0 Å². The van der Waals surface area contributed by atoms with Crippen molar-refractivity contribution in [1.29, 1.82) is 5.41 Å². The first-order chi connectivity index (χ1) is 71.0. The number of fused-ring (bicyclic) bond motifs is 1. The third kappa shape index (κ3) is 49.2. The number of allylic oxidation sites excluding steroid dienone is 4. The minimum Gasteiger partial charge on any atom is -0.508 e. The van der Waals surface area contributed by atoms with Crippen LogP contribution in [0.4, 0.5) is 0 Å². The molecule has 1 aromatic heterocycles. The molecule has 0 spiro atoms. The summed E-state index contributed by atoms with van der Waals surface area (Å²) in [6.45, 7) is 0.288. The number of carboxylic acids is 2. The average Bonchev–Trinajstić information content (AvgIpc) is 1.63. The number of carbonyl (C=O) groups is 18. The summed E-state index contributed by atoms with van der Waals surface area (Å²) in [4.78, 5) is 254. The van der Waals surface area contributed by atoms with Gasteiger partial charge in [0.25, 0.3) is 0 Å². The van der Waals surface area contributed by atoms with E-state index in [1.807, 2.05) is 6.08 Å². The predicted octanol–water partition coefficient (Wildman–Crippen LogP) is -3.24. The molecule has 6 rings (SSSR count). The van der Waals surface area contributed by atoms with Crippen molar-refractivity contribution in [3.05, 3.63) is 120 Å². The summed E-state index contributed by atoms with van der Waals surface area (Å²) < 4.78 is 10.9. The van der Waals surface area contributed by atoms with Gasteiger partial charge in [0.1, 0.15) is 84.6 Å². The van der Waals surface area contributed by atoms with Crippen LogP contribution in [-0.2, 0) is 115 Å². The Kier molecular flexibility index (Phi) is 56.9. The smallest absolute Gasteiger partial charge is 0.317 e. The van der Waals surface area contributed by atoms with Gasteiger partial charge < -0.3 is 137 Å². The number of primary amides is 2. The molecule has 12 atom stereocenters. The number of carbonyl (C=O) groups excluding carboxylic acids is 16. The molecule has 3 aliphatic rings. The summed E-state index contributed by atoms with van der Waals surface area (Å²) in [5.74, 6) is -19.0. The largest absolute Gasteiger partial charge is 0.508 e. The number of carboxylic acid groups (broad SMARTS) is 2. The zero-order chi connectivity index (χ0) is 108. The second-order valence-corrected chi connectivity index (χ2v) is 36.5. The zero-order valence-corrected chi connectivity index (χ0v) is 83.9. The summed E-state index contributed by atoms with van der Waals surface area (Å²) in [5.41, 5.74) is 18.5. The number of phenolic OH excluding ortho intramolecular Hbond substituents is 1. The van der Waals surface area contributed by atoms with Crippen LogP contribution in [0, 0.1) is 5.41 Å². The Labute approximate surface area is 858 Å². The number of H-pyrrole nitrogens is 1. The number of phenols is 1. The fourth-order valence-corrected chi connectivity index (χ4v) is 16.3. The Bertz CT molecular complexity index is 4900. The summed E-state index contributed by atoms with van der Waals surface area (Å²) in [7, 11) is 0. The number of aromatic amines is 1. The first kappa shape index (κ1) is 122. The normalized spacial score (nSPS) is 19.5. The lowest BCUT2D eigenvalue weighted by molar-refractivity contribution is -0.144. The molecule has 0 bridgehead atoms. The molecular formula is C98H149N25O25. The number of guanidine groups is 1. The number of amides is 16. The standard InChI is InChI=1S/C98H149N25O25/c1-3-4-30-69(88(137)113-72-40-42-82(129)104-44-25-23-31-68(87(100)136)109-93(142)75(52-65-54-103-43-24-17-18-27-62(65)2)115-89(138)70(32-26-45-106-98(101)102)110-91(140)74(50-63-28-19-16-20-29-63)116-96(145)78-53-67(126)56-123(78)97(72)146)111-94(143)76(57-122(58-85(132)133)59-86(134)135)117-92(141)73(51-64-35-37-66(125)38-36-64)114-90(139)71(39-41-79(99)127)112-95(144)77(60-124)108-83(130)55-107-84(131)61-148-49-48-147-47-46-105-81(128)34-22-15-13-11-9-7-5-6-8-10-12-14-21-33-80-118-120-121-119-80/h16-20,24,27-29,35-38,54,67-78,103,124-126H,2-15,21-23,25-26,30-34,39-53,55-61H2,1H3,(H2,99,127)(H2,100,136)(H,104,129)(H,105,128)(H,107,131)(H,108,130)(H,109,142)(H,110,140)(H,111,143)(H,112,144)(H,113,137)(H,114,139)(H,115,138)(H,116,145)(H,117,141)(H,132,133)(H,134,135)(H4,101,102,106)(H,118,119,120,121)/b24-17-,27-18-,65-54-/t67-,68+,69+,70+,71+,72+,73+,74-,75-,76+,77+,78+/m1/s1. The lowest BCUT2D eigenvalue weighted by Crippen LogP contribution is -2.62. The summed E-state index contributed by atoms with van der Waals surface area (Å²) >= 11 is 0. The first-order valence-electron chi connectivity index (χ1n) is 50.4. The second-order valence-electron chi connectivity index (χ2n) is 36.5. The van der Waals surface area contributed by atoms with E-state index in [0.717, 1.165) is 49.2 Å². The van der Waals surface area contributed by atoms with Crippen molar-refractivity contribution in [2.75, 3.05) is 91.9 Å². The Morgan fingerprint density at radius 3 is 1.86 bits per heavy atom. The summed E-state index contributed by atoms with van der Waals surface area (Å²) in [6.07, 6.45) is 19.2. The van der Waals surface area contributed by atoms with Crippen molar-refractivity contribution in [3.63, 3.8) is 0 Å². The number of aromatic nitrogens is 4. The number of ether oxygens (including phenoxy) is 2. The van der Waals surface area contributed by atoms with E-state index in [-0.39, 0.29) is 114 Å². The van der Waals surface area contributed by atoms with E-state index in [1.54, 1.807) is 61.7 Å². The molecule has 28 N–H and O–H groups in total. The maximum atomic E-state index is 15.5. The Balaban J connectivity index is 1.17. The van der Waals surface area contributed by atoms with Gasteiger partial charge in [0, 0.05) is 96.8 Å². The van der Waals surface area contributed by atoms with Gasteiger partial charge in [-0.3, -0.25) is 96.6 Å². The Morgan fingerprint density at radius 2 is 1.22 bits per heavy atom. The van der Waals surface area contributed by atoms with Gasteiger partial charge in [0.2, 0.25) is 94.5 Å². The number of aliphatic hydroxyl groups is 2. The number of aliphatic hydroxyl groups excluding tert-OH is 2. The van der Waals surface area contributed by atoms with Crippen molar-refractivity contribution in [1.82, 2.24) is 110 Å². The van der Waals surface area contributed by atoms with Gasteiger partial charge in [0.05, 0.1) is 52.2 Å². The number of nitrogens with one attached hydrogen (secondary N) is 17. The molecule has 816 valence electrons. The van der Waals surface area contributed by atoms with Crippen LogP contribution < -0.4 is 97.0 Å². The van der Waals surface area contributed by atoms with Crippen molar-refractivity contribution in [2.45, 2.75) is 279 Å². The molecule has 2 fully saturated rings. The minimum absolute atomic E-state index is 0.00571. The van der Waals surface area contributed by atoms with Crippen LogP contribution in [0.5, 0.6) is 5.75 Å². The zero-order valence-electron chi connectivity index (χ0n) is 83.9. The number of unbranched alkanes of at least 4 members (excludes halogenated alkanes) is 13. The SMILES string of the molecule is C=C1/C=C\C=C/CN/C=C\1C[C@H]1NC(=O)[C@H](CCCNC(=N)N)NC(=O)[C@@H](Cc2ccccc2)NC(=O)[C@@H]2C[C@@H](O)CN2C(=O)[C@@H](NC(=O)[C@H](CCCC)NC(=O)[C@H](CN(CC(=O)O)CC(=O)O)NC(=O)[C@H](Cc2ccc(O)cc2)NC(=O)[C@H](CCC(N)=O)NC(=O)[C@H](CO)NC(=O)CNC(=O)COCCOCCNC(=O)CCCCCCCCCCCCCCCc2nnn[nH]2)CCC(=O)NCCCC[C@@H](C(N)=O)NC1=O. The molecule has 4 heterocycles. The van der Waals surface area contributed by atoms with E-state index in [4.69, 9.17) is 32.1 Å². The molecule has 2 aromatic carbocycles. The Hall–Kier alpha value is -14.4. The van der Waals surface area contributed by atoms with Crippen LogP contribution >= 0.6 is 0 Å². The molecule has 50 heteroatoms. The third-order valence-corrected chi connectivity index (χ3v) is 24.4. The van der Waals surface area contributed by atoms with E-state index in [1.165, 1.54) is 75.6 Å². The molecule has 0 aliphatic carbocycles. The Morgan fingerprint density at radius 1 is 0.608 bits per heavy atom. The highest BCUT2D eigenvalue weighted by Crippen LogP contribution is 2.25. The maximum Gasteiger partial charge on any atom is 0.317 e. The topological polar surface area (TPSA) is 770 Å². The van der Waals surface area contributed by atoms with Crippen LogP contribution in [0.1, 0.15) is 204 Å². The second kappa shape index (κ2) is 68.9. The molecule has 3 aliphatic heterocycles. The number of nitrogens with zero attached hydrogens (tertiary/aromatic N) is 5. The summed E-state index contributed by atoms with van der Waals surface area (Å²) in [5, 5.41) is 113. The maximum absolute atomic E-state index is 15.5. The minimum atomic E-state index is -2.13. The molecule has 16 amide bonds. The lowest BCUT2D eigenvalue weighted by atomic mass is 9.98. The number of nitrogens with two attached hydrogens (primary N) is 3. The molecule has 50 nitrogen and oxygen atoms in total. The fraction of sp³-hybridized carbons (Fsp3) is 0.592. The number of tetrazole rings is 1. The molecule has 0 unspecified atom stereocenters. The monoisotopic (exact) mass is 2080 g/mol. The van der Waals surface area contributed by atoms with E-state index in [2.05, 4.69) is 107 Å². The van der Waals surface area contributed by atoms with Gasteiger partial charge in [-0.25, -0.2) is 5.10 Å². The fourth-order valence-electron chi connectivity index (χ4n) is 16.3. The van der Waals surface area contributed by atoms with E-state index < -0.39 is 264 Å². The van der Waals surface area contributed by atoms with Crippen LogP contribution in [0.3, 0.4) is 0 Å². The van der Waals surface area contributed by atoms with Crippen LogP contribution in [0.15, 0.2) is 103 Å². The molecule has 3 aromatic rings.